The lowest BCUT2D eigenvalue weighted by Gasteiger charge is -2.37. The second kappa shape index (κ2) is 9.66. The van der Waals surface area contributed by atoms with Crippen LogP contribution < -0.4 is 9.80 Å². The molecule has 4 rings (SSSR count). The van der Waals surface area contributed by atoms with Crippen molar-refractivity contribution in [2.24, 2.45) is 0 Å². The van der Waals surface area contributed by atoms with E-state index in [1.807, 2.05) is 9.80 Å². The van der Waals surface area contributed by atoms with E-state index >= 15 is 0 Å². The fourth-order valence-electron chi connectivity index (χ4n) is 4.03. The van der Waals surface area contributed by atoms with Crippen LogP contribution in [0.5, 0.6) is 0 Å². The van der Waals surface area contributed by atoms with Crippen molar-refractivity contribution in [1.82, 2.24) is 0 Å². The van der Waals surface area contributed by atoms with E-state index in [0.717, 1.165) is 17.8 Å². The van der Waals surface area contributed by atoms with Crippen LogP contribution >= 0.6 is 0 Å². The summed E-state index contributed by atoms with van der Waals surface area (Å²) >= 11 is 0. The number of non-ortho nitro benzene ring substituents is 1. The Bertz CT molecular complexity index is 1370. The highest BCUT2D eigenvalue weighted by Gasteiger charge is 2.27. The molecule has 3 aromatic rings. The second-order valence-corrected chi connectivity index (χ2v) is 10.0. The molecule has 0 N–H and O–H groups in total. The summed E-state index contributed by atoms with van der Waals surface area (Å²) < 4.78 is 39.1. The summed E-state index contributed by atoms with van der Waals surface area (Å²) in [5.41, 5.74) is 1.04. The number of sulfone groups is 1. The molecule has 1 fully saturated rings. The normalized spacial score (nSPS) is 14.1. The molecule has 1 heterocycles. The fourth-order valence-corrected chi connectivity index (χ4v) is 5.38. The van der Waals surface area contributed by atoms with Crippen molar-refractivity contribution >= 4 is 32.6 Å². The van der Waals surface area contributed by atoms with Gasteiger partial charge in [0, 0.05) is 50.1 Å². The standard InChI is InChI=1S/C23H21FN4O6S/c24-18-3-1-2-17(14-18)16-35(33,34)21-8-9-22(23(15-21)28(31)32)26-12-10-25(11-13-26)19-4-6-20(7-5-19)27(29)30/h1-9,14-15H,10-13,16H2. The van der Waals surface area contributed by atoms with Crippen LogP contribution in [-0.2, 0) is 15.6 Å². The molecule has 12 heteroatoms. The molecule has 0 bridgehead atoms. The van der Waals surface area contributed by atoms with Gasteiger partial charge in [-0.25, -0.2) is 12.8 Å². The average Bonchev–Trinajstić information content (AvgIpc) is 2.83. The van der Waals surface area contributed by atoms with Gasteiger partial charge in [-0.1, -0.05) is 12.1 Å². The third kappa shape index (κ3) is 5.38. The molecule has 0 unspecified atom stereocenters. The molecule has 1 aliphatic heterocycles. The summed E-state index contributed by atoms with van der Waals surface area (Å²) in [4.78, 5) is 25.2. The van der Waals surface area contributed by atoms with Gasteiger partial charge in [0.05, 0.1) is 20.5 Å². The molecule has 0 aromatic heterocycles. The predicted octanol–water partition coefficient (Wildman–Crippen LogP) is 3.94. The van der Waals surface area contributed by atoms with Gasteiger partial charge in [0.2, 0.25) is 0 Å². The number of nitro benzene ring substituents is 2. The van der Waals surface area contributed by atoms with Crippen LogP contribution in [0.1, 0.15) is 5.56 Å². The van der Waals surface area contributed by atoms with Crippen LogP contribution in [0.4, 0.5) is 27.1 Å². The van der Waals surface area contributed by atoms with E-state index in [9.17, 15) is 33.0 Å². The highest BCUT2D eigenvalue weighted by molar-refractivity contribution is 7.90. The van der Waals surface area contributed by atoms with E-state index < -0.39 is 31.3 Å². The van der Waals surface area contributed by atoms with Crippen molar-refractivity contribution in [1.29, 1.82) is 0 Å². The largest absolute Gasteiger partial charge is 0.368 e. The summed E-state index contributed by atoms with van der Waals surface area (Å²) in [5.74, 6) is -1.04. The zero-order valence-electron chi connectivity index (χ0n) is 18.4. The van der Waals surface area contributed by atoms with Crippen LogP contribution in [0.25, 0.3) is 0 Å². The molecule has 1 aliphatic rings. The Labute approximate surface area is 200 Å². The van der Waals surface area contributed by atoms with Crippen LogP contribution in [0.3, 0.4) is 0 Å². The summed E-state index contributed by atoms with van der Waals surface area (Å²) in [6.45, 7) is 1.92. The Balaban J connectivity index is 1.51. The van der Waals surface area contributed by atoms with Crippen LogP contribution in [0.2, 0.25) is 0 Å². The number of hydrogen-bond acceptors (Lipinski definition) is 8. The maximum atomic E-state index is 13.4. The summed E-state index contributed by atoms with van der Waals surface area (Å²) in [6.07, 6.45) is 0. The Hall–Kier alpha value is -4.06. The lowest BCUT2D eigenvalue weighted by Crippen LogP contribution is -2.46. The minimum atomic E-state index is -3.93. The number of hydrogen-bond donors (Lipinski definition) is 0. The van der Waals surface area contributed by atoms with Gasteiger partial charge in [-0.2, -0.15) is 0 Å². The van der Waals surface area contributed by atoms with Crippen molar-refractivity contribution in [2.45, 2.75) is 10.6 Å². The summed E-state index contributed by atoms with van der Waals surface area (Å²) in [6, 6.07) is 15.2. The Morgan fingerprint density at radius 1 is 0.829 bits per heavy atom. The molecule has 10 nitrogen and oxygen atoms in total. The van der Waals surface area contributed by atoms with E-state index in [4.69, 9.17) is 0 Å². The van der Waals surface area contributed by atoms with E-state index in [1.54, 1.807) is 12.1 Å². The minimum absolute atomic E-state index is 0.00421. The molecule has 1 saturated heterocycles. The zero-order valence-corrected chi connectivity index (χ0v) is 19.2. The van der Waals surface area contributed by atoms with Gasteiger partial charge in [0.25, 0.3) is 11.4 Å². The predicted molar refractivity (Wildman–Crippen MR) is 128 cm³/mol. The monoisotopic (exact) mass is 500 g/mol. The first-order chi connectivity index (χ1) is 16.6. The minimum Gasteiger partial charge on any atom is -0.368 e. The molecule has 0 saturated carbocycles. The molecule has 0 atom stereocenters. The van der Waals surface area contributed by atoms with E-state index in [-0.39, 0.29) is 21.8 Å². The van der Waals surface area contributed by atoms with Crippen molar-refractivity contribution < 1.29 is 22.7 Å². The maximum absolute atomic E-state index is 13.4. The lowest BCUT2D eigenvalue weighted by molar-refractivity contribution is -0.384. The van der Waals surface area contributed by atoms with Crippen molar-refractivity contribution in [2.75, 3.05) is 36.0 Å². The van der Waals surface area contributed by atoms with Crippen LogP contribution in [-0.4, -0.2) is 44.4 Å². The average molecular weight is 501 g/mol. The summed E-state index contributed by atoms with van der Waals surface area (Å²) in [7, 11) is -3.93. The number of anilines is 2. The molecule has 3 aromatic carbocycles. The number of benzene rings is 3. The van der Waals surface area contributed by atoms with Gasteiger partial charge in [-0.15, -0.1) is 0 Å². The molecular weight excluding hydrogens is 479 g/mol. The topological polar surface area (TPSA) is 127 Å². The third-order valence-corrected chi connectivity index (χ3v) is 7.48. The molecule has 0 radical (unpaired) electrons. The first-order valence-corrected chi connectivity index (χ1v) is 12.3. The number of nitrogens with zero attached hydrogens (tertiary/aromatic N) is 4. The first-order valence-electron chi connectivity index (χ1n) is 10.6. The van der Waals surface area contributed by atoms with Crippen LogP contribution in [0, 0.1) is 26.0 Å². The van der Waals surface area contributed by atoms with E-state index in [1.165, 1.54) is 42.5 Å². The van der Waals surface area contributed by atoms with Gasteiger partial charge in [-0.3, -0.25) is 20.2 Å². The molecular formula is C23H21FN4O6S. The Morgan fingerprint density at radius 3 is 2.09 bits per heavy atom. The third-order valence-electron chi connectivity index (χ3n) is 5.79. The maximum Gasteiger partial charge on any atom is 0.293 e. The molecule has 0 aliphatic carbocycles. The molecule has 35 heavy (non-hydrogen) atoms. The van der Waals surface area contributed by atoms with Gasteiger partial charge in [-0.05, 0) is 42.0 Å². The van der Waals surface area contributed by atoms with Crippen molar-refractivity contribution in [3.8, 4) is 0 Å². The Morgan fingerprint density at radius 2 is 1.49 bits per heavy atom. The molecule has 0 amide bonds. The number of piperazine rings is 1. The van der Waals surface area contributed by atoms with E-state index in [2.05, 4.69) is 0 Å². The first kappa shape index (κ1) is 24.1. The quantitative estimate of drug-likeness (QED) is 0.353. The van der Waals surface area contributed by atoms with Gasteiger partial charge in [0.1, 0.15) is 11.5 Å². The smallest absolute Gasteiger partial charge is 0.293 e. The number of halogens is 1. The molecule has 0 spiro atoms. The zero-order chi connectivity index (χ0) is 25.2. The van der Waals surface area contributed by atoms with Crippen LogP contribution in [0.15, 0.2) is 71.6 Å². The van der Waals surface area contributed by atoms with Gasteiger partial charge in [0.15, 0.2) is 9.84 Å². The summed E-state index contributed by atoms with van der Waals surface area (Å²) in [5, 5.41) is 22.6. The SMILES string of the molecule is O=[N+]([O-])c1ccc(N2CCN(c3ccc(S(=O)(=O)Cc4cccc(F)c4)cc3[N+](=O)[O-])CC2)cc1. The van der Waals surface area contributed by atoms with Crippen molar-refractivity contribution in [3.63, 3.8) is 0 Å². The second-order valence-electron chi connectivity index (χ2n) is 8.04. The van der Waals surface area contributed by atoms with Crippen molar-refractivity contribution in [3.05, 3.63) is 98.3 Å². The highest BCUT2D eigenvalue weighted by atomic mass is 32.2. The highest BCUT2D eigenvalue weighted by Crippen LogP contribution is 2.33. The van der Waals surface area contributed by atoms with Gasteiger partial charge >= 0.3 is 0 Å². The number of rotatable bonds is 7. The lowest BCUT2D eigenvalue weighted by atomic mass is 10.2. The number of nitro groups is 2. The van der Waals surface area contributed by atoms with Gasteiger partial charge < -0.3 is 9.80 Å². The Kier molecular flexibility index (Phi) is 6.65. The fraction of sp³-hybridized carbons (Fsp3) is 0.217. The molecule has 182 valence electrons. The van der Waals surface area contributed by atoms with E-state index in [0.29, 0.717) is 31.9 Å².